The largest absolute Gasteiger partial charge is 0.494 e. The zero-order valence-corrected chi connectivity index (χ0v) is 27.4. The van der Waals surface area contributed by atoms with Gasteiger partial charge < -0.3 is 19.1 Å². The Hall–Kier alpha value is -5.80. The van der Waals surface area contributed by atoms with Crippen molar-refractivity contribution in [2.75, 3.05) is 19.8 Å². The summed E-state index contributed by atoms with van der Waals surface area (Å²) in [5, 5.41) is 12.4. The van der Waals surface area contributed by atoms with E-state index < -0.39 is 11.9 Å². The van der Waals surface area contributed by atoms with E-state index in [1.807, 2.05) is 73.7 Å². The average molecular weight is 659 g/mol. The Bertz CT molecular complexity index is 1950. The average Bonchev–Trinajstić information content (AvgIpc) is 3.13. The van der Waals surface area contributed by atoms with Gasteiger partial charge in [-0.25, -0.2) is 9.59 Å². The summed E-state index contributed by atoms with van der Waals surface area (Å²) < 4.78 is 16.4. The first-order valence-corrected chi connectivity index (χ1v) is 16.2. The predicted molar refractivity (Wildman–Crippen MR) is 192 cm³/mol. The van der Waals surface area contributed by atoms with Gasteiger partial charge in [-0.05, 0) is 126 Å². The van der Waals surface area contributed by atoms with Crippen LogP contribution in [0.15, 0.2) is 120 Å². The monoisotopic (exact) mass is 658 g/mol. The smallest absolute Gasteiger partial charge is 0.343 e. The standard InChI is InChI=1S/C40H38N2O7/c1-3-39(43)46-22-8-6-5-7-21-45-36-17-13-31(14-18-36)40(44)48-37-19-15-32-23-29(9-11-34(32)25-37)27-41-42-28-30-10-12-35-26-38(49-47-4-2)20-16-33(35)24-30/h3,9-20,23-28H,1,4-8,21-22H2,2H3/b41-27+,42-28+. The minimum Gasteiger partial charge on any atom is -0.494 e. The molecular formula is C40H38N2O7. The predicted octanol–water partition coefficient (Wildman–Crippen LogP) is 8.66. The van der Waals surface area contributed by atoms with Crippen molar-refractivity contribution < 1.29 is 33.6 Å². The molecule has 0 saturated carbocycles. The van der Waals surface area contributed by atoms with Gasteiger partial charge in [0.1, 0.15) is 11.5 Å². The molecule has 0 atom stereocenters. The van der Waals surface area contributed by atoms with Crippen LogP contribution in [-0.2, 0) is 14.4 Å². The Balaban J connectivity index is 1.08. The first-order valence-electron chi connectivity index (χ1n) is 16.2. The van der Waals surface area contributed by atoms with Gasteiger partial charge >= 0.3 is 11.9 Å². The molecule has 5 aromatic carbocycles. The summed E-state index contributed by atoms with van der Waals surface area (Å²) >= 11 is 0. The lowest BCUT2D eigenvalue weighted by Crippen LogP contribution is -2.08. The summed E-state index contributed by atoms with van der Waals surface area (Å²) in [6, 6.07) is 30.1. The van der Waals surface area contributed by atoms with Crippen molar-refractivity contribution in [2.24, 2.45) is 10.2 Å². The third-order valence-corrected chi connectivity index (χ3v) is 7.44. The first-order chi connectivity index (χ1) is 24.0. The summed E-state index contributed by atoms with van der Waals surface area (Å²) in [5.41, 5.74) is 2.25. The van der Waals surface area contributed by atoms with Gasteiger partial charge in [-0.1, -0.05) is 43.0 Å². The number of esters is 2. The van der Waals surface area contributed by atoms with E-state index in [0.717, 1.165) is 58.4 Å². The second-order valence-electron chi connectivity index (χ2n) is 11.1. The third kappa shape index (κ3) is 10.6. The van der Waals surface area contributed by atoms with Crippen molar-refractivity contribution in [3.8, 4) is 17.2 Å². The highest BCUT2D eigenvalue weighted by molar-refractivity contribution is 5.94. The Morgan fingerprint density at radius 1 is 0.653 bits per heavy atom. The van der Waals surface area contributed by atoms with Crippen LogP contribution in [0.3, 0.4) is 0 Å². The molecule has 9 heteroatoms. The molecule has 0 spiro atoms. The van der Waals surface area contributed by atoms with E-state index >= 15 is 0 Å². The Morgan fingerprint density at radius 3 is 1.84 bits per heavy atom. The summed E-state index contributed by atoms with van der Waals surface area (Å²) in [7, 11) is 0. The second kappa shape index (κ2) is 17.9. The van der Waals surface area contributed by atoms with E-state index in [0.29, 0.717) is 42.6 Å². The molecule has 0 aliphatic heterocycles. The van der Waals surface area contributed by atoms with Crippen molar-refractivity contribution in [3.63, 3.8) is 0 Å². The number of carbonyl (C=O) groups is 2. The lowest BCUT2D eigenvalue weighted by molar-refractivity contribution is -0.202. The van der Waals surface area contributed by atoms with E-state index in [1.165, 1.54) is 6.08 Å². The fraction of sp³-hybridized carbons (Fsp3) is 0.200. The minimum absolute atomic E-state index is 0.393. The highest BCUT2D eigenvalue weighted by Gasteiger charge is 2.10. The third-order valence-electron chi connectivity index (χ3n) is 7.44. The van der Waals surface area contributed by atoms with Crippen LogP contribution >= 0.6 is 0 Å². The molecule has 49 heavy (non-hydrogen) atoms. The molecule has 0 aromatic heterocycles. The lowest BCUT2D eigenvalue weighted by Gasteiger charge is -2.08. The van der Waals surface area contributed by atoms with Crippen LogP contribution in [0, 0.1) is 0 Å². The van der Waals surface area contributed by atoms with Crippen molar-refractivity contribution in [2.45, 2.75) is 32.6 Å². The fourth-order valence-electron chi connectivity index (χ4n) is 4.92. The molecule has 0 N–H and O–H groups in total. The number of ether oxygens (including phenoxy) is 3. The molecule has 0 fully saturated rings. The van der Waals surface area contributed by atoms with Crippen LogP contribution in [0.4, 0.5) is 0 Å². The summed E-state index contributed by atoms with van der Waals surface area (Å²) in [4.78, 5) is 34.1. The first kappa shape index (κ1) is 34.5. The van der Waals surface area contributed by atoms with Gasteiger partial charge in [-0.15, -0.1) is 0 Å². The highest BCUT2D eigenvalue weighted by atomic mass is 17.2. The quantitative estimate of drug-likeness (QED) is 0.0187. The second-order valence-corrected chi connectivity index (χ2v) is 11.1. The number of benzene rings is 5. The normalized spacial score (nSPS) is 11.3. The molecule has 0 amide bonds. The maximum atomic E-state index is 12.8. The molecule has 0 saturated heterocycles. The molecule has 0 heterocycles. The van der Waals surface area contributed by atoms with Crippen molar-refractivity contribution in [3.05, 3.63) is 126 Å². The molecule has 0 radical (unpaired) electrons. The molecule has 0 aliphatic rings. The molecule has 0 unspecified atom stereocenters. The van der Waals surface area contributed by atoms with Gasteiger partial charge in [0, 0.05) is 6.08 Å². The number of rotatable bonds is 17. The topological polar surface area (TPSA) is 105 Å². The molecular weight excluding hydrogens is 620 g/mol. The van der Waals surface area contributed by atoms with Gasteiger partial charge in [-0.2, -0.15) is 15.1 Å². The van der Waals surface area contributed by atoms with Gasteiger partial charge in [-0.3, -0.25) is 0 Å². The zero-order valence-electron chi connectivity index (χ0n) is 27.4. The van der Waals surface area contributed by atoms with E-state index in [9.17, 15) is 9.59 Å². The van der Waals surface area contributed by atoms with Crippen LogP contribution in [0.25, 0.3) is 21.5 Å². The summed E-state index contributed by atoms with van der Waals surface area (Å²) in [6.07, 6.45) is 8.17. The van der Waals surface area contributed by atoms with Crippen LogP contribution in [0.5, 0.6) is 17.2 Å². The number of nitrogens with zero attached hydrogens (tertiary/aromatic N) is 2. The minimum atomic E-state index is -0.448. The lowest BCUT2D eigenvalue weighted by atomic mass is 10.1. The molecule has 5 aromatic rings. The summed E-state index contributed by atoms with van der Waals surface area (Å²) in [6.45, 7) is 6.68. The van der Waals surface area contributed by atoms with Crippen LogP contribution < -0.4 is 14.4 Å². The number of carbonyl (C=O) groups excluding carboxylic acids is 2. The van der Waals surface area contributed by atoms with Gasteiger partial charge in [0.15, 0.2) is 5.75 Å². The van der Waals surface area contributed by atoms with Crippen molar-refractivity contribution in [1.29, 1.82) is 0 Å². The van der Waals surface area contributed by atoms with Crippen LogP contribution in [0.2, 0.25) is 0 Å². The number of fused-ring (bicyclic) bond motifs is 2. The molecule has 0 bridgehead atoms. The zero-order chi connectivity index (χ0) is 34.3. The Kier molecular flexibility index (Phi) is 12.6. The Labute approximate surface area is 285 Å². The van der Waals surface area contributed by atoms with E-state index in [4.69, 9.17) is 24.0 Å². The van der Waals surface area contributed by atoms with E-state index in [-0.39, 0.29) is 0 Å². The number of hydrogen-bond acceptors (Lipinski definition) is 9. The van der Waals surface area contributed by atoms with Gasteiger partial charge in [0.2, 0.25) is 0 Å². The number of unbranched alkanes of at least 4 members (excludes halogenated alkanes) is 3. The SMILES string of the molecule is C=CC(=O)OCCCCCCOc1ccc(C(=O)Oc2ccc3cc(/C=N/N=C/c4ccc5cc(OOCC)ccc5c4)ccc3c2)cc1. The van der Waals surface area contributed by atoms with Crippen molar-refractivity contribution >= 4 is 45.9 Å². The maximum Gasteiger partial charge on any atom is 0.343 e. The van der Waals surface area contributed by atoms with Crippen LogP contribution in [-0.4, -0.2) is 44.2 Å². The van der Waals surface area contributed by atoms with E-state index in [1.54, 1.807) is 42.8 Å². The van der Waals surface area contributed by atoms with Crippen molar-refractivity contribution in [1.82, 2.24) is 0 Å². The highest BCUT2D eigenvalue weighted by Crippen LogP contribution is 2.24. The van der Waals surface area contributed by atoms with Crippen LogP contribution in [0.1, 0.15) is 54.1 Å². The molecule has 0 aliphatic carbocycles. The fourth-order valence-corrected chi connectivity index (χ4v) is 4.92. The van der Waals surface area contributed by atoms with Gasteiger partial charge in [0.05, 0.1) is 37.8 Å². The Morgan fingerprint density at radius 2 is 1.20 bits per heavy atom. The number of hydrogen-bond donors (Lipinski definition) is 0. The van der Waals surface area contributed by atoms with Gasteiger partial charge in [0.25, 0.3) is 0 Å². The molecule has 250 valence electrons. The molecule has 5 rings (SSSR count). The molecule has 9 nitrogen and oxygen atoms in total. The summed E-state index contributed by atoms with van der Waals surface area (Å²) in [5.74, 6) is 0.956. The van der Waals surface area contributed by atoms with E-state index in [2.05, 4.69) is 16.8 Å². The maximum absolute atomic E-state index is 12.8.